The van der Waals surface area contributed by atoms with Gasteiger partial charge in [-0.2, -0.15) is 0 Å². The summed E-state index contributed by atoms with van der Waals surface area (Å²) in [5.74, 6) is -0.834. The van der Waals surface area contributed by atoms with Crippen molar-refractivity contribution in [2.75, 3.05) is 26.4 Å². The number of allylic oxidation sites excluding steroid dienone is 12. The smallest absolute Gasteiger partial charge is 0.462 e. The molecule has 2 atom stereocenters. The topological polar surface area (TPSA) is 134 Å². The van der Waals surface area contributed by atoms with Gasteiger partial charge in [-0.15, -0.1) is 0 Å². The lowest BCUT2D eigenvalue weighted by molar-refractivity contribution is -0.161. The fourth-order valence-electron chi connectivity index (χ4n) is 7.05. The van der Waals surface area contributed by atoms with Gasteiger partial charge < -0.3 is 20.1 Å². The number of carbonyl (C=O) groups is 2. The molecule has 0 radical (unpaired) electrons. The first-order chi connectivity index (χ1) is 31.3. The highest BCUT2D eigenvalue weighted by Crippen LogP contribution is 2.43. The Kier molecular flexibility index (Phi) is 47.9. The summed E-state index contributed by atoms with van der Waals surface area (Å²) in [6, 6.07) is 0. The summed E-state index contributed by atoms with van der Waals surface area (Å²) in [5.41, 5.74) is 5.34. The van der Waals surface area contributed by atoms with Gasteiger partial charge in [0.25, 0.3) is 0 Å². The lowest BCUT2D eigenvalue weighted by Crippen LogP contribution is -2.29. The number of phosphoric acid groups is 1. The second-order valence-corrected chi connectivity index (χ2v) is 18.5. The van der Waals surface area contributed by atoms with Crippen molar-refractivity contribution in [2.24, 2.45) is 5.73 Å². The molecule has 370 valence electrons. The second kappa shape index (κ2) is 49.9. The molecular formula is C54H96NO8P. The molecule has 0 fully saturated rings. The summed E-state index contributed by atoms with van der Waals surface area (Å²) >= 11 is 0. The van der Waals surface area contributed by atoms with E-state index in [-0.39, 0.29) is 38.6 Å². The van der Waals surface area contributed by atoms with Crippen molar-refractivity contribution in [1.29, 1.82) is 0 Å². The zero-order chi connectivity index (χ0) is 46.7. The van der Waals surface area contributed by atoms with E-state index in [4.69, 9.17) is 24.3 Å². The maximum absolute atomic E-state index is 12.6. The largest absolute Gasteiger partial charge is 0.472 e. The standard InChI is InChI=1S/C54H96NO8P/c1-3-5-7-9-11-12-13-14-15-16-17-18-19-20-21-22-23-24-25-26-27-28-29-30-31-32-33-34-35-36-37-38-39-40-41-43-45-47-54(57)63-52(51-62-64(58,59)61-49-48-55)50-60-53(56)46-44-42-10-8-6-4-2/h5,7,11-12,14-15,17-18,20-21,23-24,52H,3-4,6,8-10,13,16,19,22,25-51,55H2,1-2H3,(H,58,59)/b7-5-,12-11-,15-14-,18-17-,21-20-,24-23-. The van der Waals surface area contributed by atoms with Crippen molar-refractivity contribution in [2.45, 2.75) is 232 Å². The van der Waals surface area contributed by atoms with Gasteiger partial charge in [0, 0.05) is 19.4 Å². The van der Waals surface area contributed by atoms with E-state index >= 15 is 0 Å². The highest BCUT2D eigenvalue weighted by Gasteiger charge is 2.26. The first kappa shape index (κ1) is 61.5. The Morgan fingerprint density at radius 1 is 0.484 bits per heavy atom. The van der Waals surface area contributed by atoms with E-state index in [1.54, 1.807) is 0 Å². The van der Waals surface area contributed by atoms with Crippen molar-refractivity contribution < 1.29 is 37.6 Å². The molecule has 0 bridgehead atoms. The van der Waals surface area contributed by atoms with Gasteiger partial charge in [-0.25, -0.2) is 4.57 Å². The molecule has 0 heterocycles. The molecule has 0 aliphatic heterocycles. The number of rotatable bonds is 48. The average Bonchev–Trinajstić information content (AvgIpc) is 3.28. The quantitative estimate of drug-likeness (QED) is 0.0265. The van der Waals surface area contributed by atoms with E-state index in [2.05, 4.69) is 86.8 Å². The number of hydrogen-bond donors (Lipinski definition) is 2. The Balaban J connectivity index is 3.74. The fourth-order valence-corrected chi connectivity index (χ4v) is 7.82. The molecule has 0 saturated heterocycles. The number of esters is 2. The van der Waals surface area contributed by atoms with Crippen LogP contribution in [0, 0.1) is 0 Å². The van der Waals surface area contributed by atoms with Crippen LogP contribution in [-0.2, 0) is 32.7 Å². The molecule has 0 amide bonds. The highest BCUT2D eigenvalue weighted by atomic mass is 31.2. The molecule has 0 aromatic rings. The van der Waals surface area contributed by atoms with Crippen molar-refractivity contribution in [3.8, 4) is 0 Å². The van der Waals surface area contributed by atoms with Crippen LogP contribution >= 0.6 is 7.82 Å². The first-order valence-corrected chi connectivity index (χ1v) is 27.4. The van der Waals surface area contributed by atoms with E-state index in [9.17, 15) is 19.0 Å². The van der Waals surface area contributed by atoms with Crippen LogP contribution in [0.15, 0.2) is 72.9 Å². The molecule has 3 N–H and O–H groups in total. The predicted molar refractivity (Wildman–Crippen MR) is 270 cm³/mol. The van der Waals surface area contributed by atoms with Gasteiger partial charge in [0.1, 0.15) is 6.61 Å². The van der Waals surface area contributed by atoms with E-state index in [0.717, 1.165) is 83.5 Å². The van der Waals surface area contributed by atoms with E-state index < -0.39 is 26.5 Å². The first-order valence-electron chi connectivity index (χ1n) is 25.9. The Morgan fingerprint density at radius 3 is 1.28 bits per heavy atom. The molecule has 0 aromatic carbocycles. The zero-order valence-corrected chi connectivity index (χ0v) is 41.9. The molecule has 2 unspecified atom stereocenters. The molecule has 9 nitrogen and oxygen atoms in total. The Labute approximate surface area is 392 Å². The van der Waals surface area contributed by atoms with Crippen molar-refractivity contribution in [3.05, 3.63) is 72.9 Å². The third-order valence-electron chi connectivity index (χ3n) is 10.9. The van der Waals surface area contributed by atoms with Crippen molar-refractivity contribution in [1.82, 2.24) is 0 Å². The van der Waals surface area contributed by atoms with Crippen molar-refractivity contribution >= 4 is 19.8 Å². The normalized spacial score (nSPS) is 13.8. The van der Waals surface area contributed by atoms with Gasteiger partial charge in [0.2, 0.25) is 0 Å². The summed E-state index contributed by atoms with van der Waals surface area (Å²) in [6.07, 6.45) is 63.0. The molecule has 0 aromatic heterocycles. The minimum atomic E-state index is -4.37. The molecular weight excluding hydrogens is 822 g/mol. The summed E-state index contributed by atoms with van der Waals surface area (Å²) < 4.78 is 32.7. The molecule has 64 heavy (non-hydrogen) atoms. The summed E-state index contributed by atoms with van der Waals surface area (Å²) in [5, 5.41) is 0. The van der Waals surface area contributed by atoms with Gasteiger partial charge >= 0.3 is 19.8 Å². The summed E-state index contributed by atoms with van der Waals surface area (Å²) in [6.45, 7) is 3.55. The van der Waals surface area contributed by atoms with Crippen LogP contribution in [0.1, 0.15) is 226 Å². The number of nitrogens with two attached hydrogens (primary N) is 1. The van der Waals surface area contributed by atoms with Gasteiger partial charge in [0.05, 0.1) is 13.2 Å². The Hall–Kier alpha value is -2.55. The Morgan fingerprint density at radius 2 is 0.859 bits per heavy atom. The van der Waals surface area contributed by atoms with Gasteiger partial charge in [-0.3, -0.25) is 18.6 Å². The lowest BCUT2D eigenvalue weighted by atomic mass is 10.0. The molecule has 10 heteroatoms. The molecule has 0 aliphatic carbocycles. The minimum Gasteiger partial charge on any atom is -0.462 e. The molecule has 0 spiro atoms. The summed E-state index contributed by atoms with van der Waals surface area (Å²) in [4.78, 5) is 34.7. The number of unbranched alkanes of at least 4 members (excludes halogenated alkanes) is 23. The lowest BCUT2D eigenvalue weighted by Gasteiger charge is -2.19. The number of phosphoric ester groups is 1. The summed E-state index contributed by atoms with van der Waals surface area (Å²) in [7, 11) is -4.37. The minimum absolute atomic E-state index is 0.0533. The fraction of sp³-hybridized carbons (Fsp3) is 0.741. The molecule has 0 rings (SSSR count). The maximum atomic E-state index is 12.6. The van der Waals surface area contributed by atoms with E-state index in [0.29, 0.717) is 6.42 Å². The van der Waals surface area contributed by atoms with Crippen LogP contribution in [0.4, 0.5) is 0 Å². The number of hydrogen-bond acceptors (Lipinski definition) is 8. The van der Waals surface area contributed by atoms with Crippen LogP contribution in [0.3, 0.4) is 0 Å². The van der Waals surface area contributed by atoms with Crippen molar-refractivity contribution in [3.63, 3.8) is 0 Å². The van der Waals surface area contributed by atoms with Crippen LogP contribution in [0.25, 0.3) is 0 Å². The monoisotopic (exact) mass is 918 g/mol. The van der Waals surface area contributed by atoms with E-state index in [1.807, 2.05) is 0 Å². The highest BCUT2D eigenvalue weighted by molar-refractivity contribution is 7.47. The average molecular weight is 918 g/mol. The zero-order valence-electron chi connectivity index (χ0n) is 41.0. The SMILES string of the molecule is CC/C=C\C/C=C\C/C=C\C/C=C\C/C=C\C/C=C\CCCCCCCCCCCCCCCCCCCCC(=O)OC(COC(=O)CCCCCCCC)COP(=O)(O)OCCN. The molecule has 0 aliphatic rings. The molecule has 0 saturated carbocycles. The van der Waals surface area contributed by atoms with Crippen LogP contribution in [0.5, 0.6) is 0 Å². The van der Waals surface area contributed by atoms with E-state index in [1.165, 1.54) is 109 Å². The van der Waals surface area contributed by atoms with Gasteiger partial charge in [0.15, 0.2) is 6.10 Å². The van der Waals surface area contributed by atoms with Crippen LogP contribution in [0.2, 0.25) is 0 Å². The number of carbonyl (C=O) groups excluding carboxylic acids is 2. The second-order valence-electron chi connectivity index (χ2n) is 17.0. The van der Waals surface area contributed by atoms with Gasteiger partial charge in [-0.05, 0) is 64.2 Å². The van der Waals surface area contributed by atoms with Gasteiger partial charge in [-0.1, -0.05) is 222 Å². The third kappa shape index (κ3) is 48.9. The number of ether oxygens (including phenoxy) is 2. The Bertz CT molecular complexity index is 1280. The third-order valence-corrected chi connectivity index (χ3v) is 11.8. The van der Waals surface area contributed by atoms with Crippen LogP contribution < -0.4 is 5.73 Å². The maximum Gasteiger partial charge on any atom is 0.472 e. The predicted octanol–water partition coefficient (Wildman–Crippen LogP) is 15.8. The van der Waals surface area contributed by atoms with Crippen LogP contribution in [-0.4, -0.2) is 49.3 Å².